The van der Waals surface area contributed by atoms with Crippen LogP contribution in [0.25, 0.3) is 0 Å². The molecule has 4 atom stereocenters. The highest BCUT2D eigenvalue weighted by atomic mass is 16.5. The van der Waals surface area contributed by atoms with Crippen molar-refractivity contribution in [1.82, 2.24) is 10.6 Å². The maximum Gasteiger partial charge on any atom is 0.287 e. The first-order chi connectivity index (χ1) is 10.6. The van der Waals surface area contributed by atoms with Gasteiger partial charge in [-0.2, -0.15) is 0 Å². The molecule has 7 nitrogen and oxygen atoms in total. The standard InChI is InChI=1S/C15H20N2O5/c1-8(18)16-13-12(10-5-6-21-14(10)13)17-15(19)11-4-3-9(22-11)7-20-2/h3-4,10,12-14H,5-7H2,1-2H3,(H,16,18)(H,17,19)/t10-,12+,13-,14-/m1/s1. The van der Waals surface area contributed by atoms with Gasteiger partial charge in [0.2, 0.25) is 5.91 Å². The molecule has 0 spiro atoms. The maximum atomic E-state index is 12.3. The molecule has 1 aromatic heterocycles. The van der Waals surface area contributed by atoms with E-state index in [4.69, 9.17) is 13.9 Å². The van der Waals surface area contributed by atoms with Crippen LogP contribution in [-0.2, 0) is 20.9 Å². The summed E-state index contributed by atoms with van der Waals surface area (Å²) in [6, 6.07) is 3.03. The van der Waals surface area contributed by atoms with Crippen LogP contribution in [0.3, 0.4) is 0 Å². The summed E-state index contributed by atoms with van der Waals surface area (Å²) >= 11 is 0. The van der Waals surface area contributed by atoms with Gasteiger partial charge in [-0.05, 0) is 18.6 Å². The molecule has 22 heavy (non-hydrogen) atoms. The van der Waals surface area contributed by atoms with Crippen molar-refractivity contribution in [2.24, 2.45) is 5.92 Å². The number of hydrogen-bond acceptors (Lipinski definition) is 5. The summed E-state index contributed by atoms with van der Waals surface area (Å²) in [4.78, 5) is 23.6. The molecule has 2 fully saturated rings. The topological polar surface area (TPSA) is 89.8 Å². The van der Waals surface area contributed by atoms with Crippen molar-refractivity contribution >= 4 is 11.8 Å². The summed E-state index contributed by atoms with van der Waals surface area (Å²) in [5.74, 6) is 0.679. The maximum absolute atomic E-state index is 12.3. The Morgan fingerprint density at radius 2 is 2.14 bits per heavy atom. The molecule has 0 aromatic carbocycles. The molecule has 1 aliphatic heterocycles. The molecule has 3 rings (SSSR count). The van der Waals surface area contributed by atoms with Crippen molar-refractivity contribution in [1.29, 1.82) is 0 Å². The van der Waals surface area contributed by atoms with Crippen molar-refractivity contribution in [2.75, 3.05) is 13.7 Å². The number of methoxy groups -OCH3 is 1. The number of carbonyl (C=O) groups excluding carboxylic acids is 2. The zero-order valence-electron chi connectivity index (χ0n) is 12.6. The summed E-state index contributed by atoms with van der Waals surface area (Å²) in [6.07, 6.45) is 0.883. The van der Waals surface area contributed by atoms with E-state index in [0.29, 0.717) is 19.0 Å². The Morgan fingerprint density at radius 1 is 1.32 bits per heavy atom. The van der Waals surface area contributed by atoms with Crippen LogP contribution < -0.4 is 10.6 Å². The van der Waals surface area contributed by atoms with Crippen molar-refractivity contribution in [2.45, 2.75) is 38.1 Å². The number of fused-ring (bicyclic) bond motifs is 1. The van der Waals surface area contributed by atoms with E-state index in [1.54, 1.807) is 19.2 Å². The van der Waals surface area contributed by atoms with E-state index in [-0.39, 0.29) is 41.7 Å². The van der Waals surface area contributed by atoms with Gasteiger partial charge in [-0.1, -0.05) is 0 Å². The second-order valence-electron chi connectivity index (χ2n) is 5.71. The van der Waals surface area contributed by atoms with Gasteiger partial charge in [0.1, 0.15) is 12.4 Å². The number of nitrogens with one attached hydrogen (secondary N) is 2. The Bertz CT molecular complexity index is 570. The van der Waals surface area contributed by atoms with Gasteiger partial charge in [0.25, 0.3) is 5.91 Å². The molecule has 120 valence electrons. The summed E-state index contributed by atoms with van der Waals surface area (Å²) < 4.78 is 16.0. The lowest BCUT2D eigenvalue weighted by Crippen LogP contribution is -2.70. The molecule has 2 N–H and O–H groups in total. The minimum absolute atomic E-state index is 0.00477. The predicted octanol–water partition coefficient (Wildman–Crippen LogP) is 0.448. The molecule has 7 heteroatoms. The van der Waals surface area contributed by atoms with Crippen LogP contribution in [0, 0.1) is 5.92 Å². The first-order valence-electron chi connectivity index (χ1n) is 7.37. The summed E-state index contributed by atoms with van der Waals surface area (Å²) in [5, 5.41) is 5.80. The molecule has 1 aromatic rings. The van der Waals surface area contributed by atoms with Crippen LogP contribution in [0.15, 0.2) is 16.5 Å². The van der Waals surface area contributed by atoms with Crippen LogP contribution >= 0.6 is 0 Å². The van der Waals surface area contributed by atoms with E-state index < -0.39 is 0 Å². The van der Waals surface area contributed by atoms with Crippen molar-refractivity contribution < 1.29 is 23.5 Å². The third-order valence-corrected chi connectivity index (χ3v) is 4.23. The Kier molecular flexibility index (Phi) is 4.17. The molecule has 1 saturated heterocycles. The monoisotopic (exact) mass is 308 g/mol. The Labute approximate surface area is 128 Å². The van der Waals surface area contributed by atoms with Crippen molar-refractivity contribution in [3.05, 3.63) is 23.7 Å². The Balaban J connectivity index is 1.65. The fourth-order valence-corrected chi connectivity index (χ4v) is 3.25. The average molecular weight is 308 g/mol. The molecule has 0 bridgehead atoms. The van der Waals surface area contributed by atoms with Gasteiger partial charge in [0.05, 0.1) is 18.2 Å². The van der Waals surface area contributed by atoms with Gasteiger partial charge in [0, 0.05) is 26.6 Å². The second kappa shape index (κ2) is 6.10. The van der Waals surface area contributed by atoms with Gasteiger partial charge in [0.15, 0.2) is 5.76 Å². The van der Waals surface area contributed by atoms with Gasteiger partial charge < -0.3 is 24.5 Å². The van der Waals surface area contributed by atoms with E-state index >= 15 is 0 Å². The van der Waals surface area contributed by atoms with Gasteiger partial charge in [-0.15, -0.1) is 0 Å². The van der Waals surface area contributed by atoms with Gasteiger partial charge in [-0.3, -0.25) is 9.59 Å². The molecule has 2 aliphatic rings. The predicted molar refractivity (Wildman–Crippen MR) is 76.1 cm³/mol. The van der Waals surface area contributed by atoms with Crippen molar-refractivity contribution in [3.63, 3.8) is 0 Å². The number of carbonyl (C=O) groups is 2. The fourth-order valence-electron chi connectivity index (χ4n) is 3.25. The first-order valence-corrected chi connectivity index (χ1v) is 7.37. The summed E-state index contributed by atoms with van der Waals surface area (Å²) in [7, 11) is 1.56. The number of furan rings is 1. The quantitative estimate of drug-likeness (QED) is 0.824. The molecular weight excluding hydrogens is 288 g/mol. The highest BCUT2D eigenvalue weighted by Crippen LogP contribution is 2.39. The smallest absolute Gasteiger partial charge is 0.287 e. The summed E-state index contributed by atoms with van der Waals surface area (Å²) in [6.45, 7) is 2.45. The molecular formula is C15H20N2O5. The molecule has 2 heterocycles. The van der Waals surface area contributed by atoms with Crippen LogP contribution in [0.5, 0.6) is 0 Å². The van der Waals surface area contributed by atoms with E-state index in [0.717, 1.165) is 6.42 Å². The highest BCUT2D eigenvalue weighted by molar-refractivity contribution is 5.92. The lowest BCUT2D eigenvalue weighted by atomic mass is 9.71. The zero-order chi connectivity index (χ0) is 15.7. The number of amides is 2. The van der Waals surface area contributed by atoms with Crippen LogP contribution in [0.2, 0.25) is 0 Å². The van der Waals surface area contributed by atoms with E-state index in [1.807, 2.05) is 0 Å². The molecule has 1 saturated carbocycles. The third kappa shape index (κ3) is 2.74. The van der Waals surface area contributed by atoms with E-state index in [9.17, 15) is 9.59 Å². The molecule has 2 amide bonds. The van der Waals surface area contributed by atoms with Gasteiger partial charge in [-0.25, -0.2) is 0 Å². The van der Waals surface area contributed by atoms with Crippen molar-refractivity contribution in [3.8, 4) is 0 Å². The minimum Gasteiger partial charge on any atom is -0.453 e. The number of rotatable bonds is 5. The number of ether oxygens (including phenoxy) is 2. The lowest BCUT2D eigenvalue weighted by Gasteiger charge is -2.47. The number of hydrogen-bond donors (Lipinski definition) is 2. The third-order valence-electron chi connectivity index (χ3n) is 4.23. The molecule has 0 unspecified atom stereocenters. The normalized spacial score (nSPS) is 29.5. The zero-order valence-corrected chi connectivity index (χ0v) is 12.6. The largest absolute Gasteiger partial charge is 0.453 e. The molecule has 0 radical (unpaired) electrons. The average Bonchev–Trinajstić information content (AvgIpc) is 3.09. The van der Waals surface area contributed by atoms with Gasteiger partial charge >= 0.3 is 0 Å². The van der Waals surface area contributed by atoms with Crippen LogP contribution in [-0.4, -0.2) is 43.7 Å². The minimum atomic E-state index is -0.284. The lowest BCUT2D eigenvalue weighted by molar-refractivity contribution is -0.124. The Hall–Kier alpha value is -1.86. The first kappa shape index (κ1) is 15.1. The van der Waals surface area contributed by atoms with Crippen LogP contribution in [0.4, 0.5) is 0 Å². The van der Waals surface area contributed by atoms with E-state index in [1.165, 1.54) is 6.92 Å². The SMILES string of the molecule is COCc1ccc(C(=O)N[C@H]2[C@H]3CCO[C@H]3[C@@H]2NC(C)=O)o1. The Morgan fingerprint density at radius 3 is 2.86 bits per heavy atom. The molecule has 1 aliphatic carbocycles. The summed E-state index contributed by atoms with van der Waals surface area (Å²) in [5.41, 5.74) is 0. The highest BCUT2D eigenvalue weighted by Gasteiger charge is 2.55. The van der Waals surface area contributed by atoms with E-state index in [2.05, 4.69) is 10.6 Å². The van der Waals surface area contributed by atoms with Crippen LogP contribution in [0.1, 0.15) is 29.7 Å². The fraction of sp³-hybridized carbons (Fsp3) is 0.600. The second-order valence-corrected chi connectivity index (χ2v) is 5.71.